The number of imide groups is 1. The van der Waals surface area contributed by atoms with Crippen LogP contribution in [0.3, 0.4) is 0 Å². The summed E-state index contributed by atoms with van der Waals surface area (Å²) >= 11 is 4.82. The molecule has 0 atom stereocenters. The predicted molar refractivity (Wildman–Crippen MR) is 75.9 cm³/mol. The van der Waals surface area contributed by atoms with Gasteiger partial charge in [0.2, 0.25) is 5.91 Å². The van der Waals surface area contributed by atoms with Crippen molar-refractivity contribution in [1.29, 1.82) is 0 Å². The average molecular weight is 388 g/mol. The molecule has 2 N–H and O–H groups in total. The van der Waals surface area contributed by atoms with E-state index in [0.29, 0.717) is 6.54 Å². The minimum atomic E-state index is -4.51. The zero-order valence-electron chi connectivity index (χ0n) is 11.0. The second-order valence-corrected chi connectivity index (χ2v) is 6.77. The standard InChI is InChI=1S/C11H13BrF3N3O2S/c1-18(4-7-2-3-8(12)21-7)5-9(19)17-10(20)16-6-11(13,14)15/h2-3H,4-6H2,1H3,(H2,16,17,19,20). The number of carbonyl (C=O) groups excluding carboxylic acids is 2. The van der Waals surface area contributed by atoms with Gasteiger partial charge in [0.25, 0.3) is 0 Å². The van der Waals surface area contributed by atoms with Crippen LogP contribution in [-0.2, 0) is 11.3 Å². The van der Waals surface area contributed by atoms with Crippen LogP contribution in [-0.4, -0.2) is 43.2 Å². The van der Waals surface area contributed by atoms with Gasteiger partial charge in [0, 0.05) is 11.4 Å². The highest BCUT2D eigenvalue weighted by molar-refractivity contribution is 9.11. The molecule has 1 heterocycles. The molecular formula is C11H13BrF3N3O2S. The van der Waals surface area contributed by atoms with E-state index in [0.717, 1.165) is 8.66 Å². The lowest BCUT2D eigenvalue weighted by Gasteiger charge is -2.15. The summed E-state index contributed by atoms with van der Waals surface area (Å²) in [4.78, 5) is 25.2. The van der Waals surface area contributed by atoms with Gasteiger partial charge in [-0.2, -0.15) is 13.2 Å². The minimum Gasteiger partial charge on any atom is -0.329 e. The molecule has 0 saturated carbocycles. The van der Waals surface area contributed by atoms with Crippen LogP contribution < -0.4 is 10.6 Å². The van der Waals surface area contributed by atoms with Crippen molar-refractivity contribution in [2.24, 2.45) is 0 Å². The molecule has 0 fully saturated rings. The van der Waals surface area contributed by atoms with Gasteiger partial charge in [-0.15, -0.1) is 11.3 Å². The second-order valence-electron chi connectivity index (χ2n) is 4.22. The summed E-state index contributed by atoms with van der Waals surface area (Å²) in [5.74, 6) is -0.673. The highest BCUT2D eigenvalue weighted by Crippen LogP contribution is 2.22. The Morgan fingerprint density at radius 2 is 2.05 bits per heavy atom. The molecule has 0 aliphatic carbocycles. The van der Waals surface area contributed by atoms with E-state index in [2.05, 4.69) is 15.9 Å². The largest absolute Gasteiger partial charge is 0.405 e. The van der Waals surface area contributed by atoms with Crippen LogP contribution in [0.1, 0.15) is 4.88 Å². The smallest absolute Gasteiger partial charge is 0.329 e. The Bertz CT molecular complexity index is 507. The van der Waals surface area contributed by atoms with E-state index < -0.39 is 24.7 Å². The molecule has 0 bridgehead atoms. The van der Waals surface area contributed by atoms with E-state index in [9.17, 15) is 22.8 Å². The van der Waals surface area contributed by atoms with Crippen LogP contribution in [0.5, 0.6) is 0 Å². The fourth-order valence-corrected chi connectivity index (χ4v) is 2.96. The molecule has 1 aromatic heterocycles. The number of rotatable bonds is 5. The normalized spacial score (nSPS) is 11.5. The third-order valence-corrected chi connectivity index (χ3v) is 3.78. The summed E-state index contributed by atoms with van der Waals surface area (Å²) in [5, 5.41) is 3.40. The summed E-state index contributed by atoms with van der Waals surface area (Å²) in [6, 6.07) is 2.60. The SMILES string of the molecule is CN(CC(=O)NC(=O)NCC(F)(F)F)Cc1ccc(Br)s1. The highest BCUT2D eigenvalue weighted by Gasteiger charge is 2.28. The van der Waals surface area contributed by atoms with Crippen LogP contribution in [0.4, 0.5) is 18.0 Å². The number of likely N-dealkylation sites (N-methyl/N-ethyl adjacent to an activating group) is 1. The zero-order valence-corrected chi connectivity index (χ0v) is 13.4. The van der Waals surface area contributed by atoms with Crippen LogP contribution in [0, 0.1) is 0 Å². The number of alkyl halides is 3. The molecule has 0 unspecified atom stereocenters. The minimum absolute atomic E-state index is 0.102. The topological polar surface area (TPSA) is 61.4 Å². The van der Waals surface area contributed by atoms with E-state index in [1.807, 2.05) is 17.4 Å². The first kappa shape index (κ1) is 17.9. The Morgan fingerprint density at radius 3 is 2.57 bits per heavy atom. The number of carbonyl (C=O) groups is 2. The van der Waals surface area contributed by atoms with Gasteiger partial charge in [0.05, 0.1) is 10.3 Å². The first-order valence-electron chi connectivity index (χ1n) is 5.73. The van der Waals surface area contributed by atoms with Gasteiger partial charge in [-0.05, 0) is 35.1 Å². The number of hydrogen-bond acceptors (Lipinski definition) is 4. The van der Waals surface area contributed by atoms with E-state index in [4.69, 9.17) is 0 Å². The first-order chi connectivity index (χ1) is 9.65. The Labute approximate surface area is 131 Å². The third kappa shape index (κ3) is 8.02. The third-order valence-electron chi connectivity index (χ3n) is 2.17. The number of hydrogen-bond donors (Lipinski definition) is 2. The molecular weight excluding hydrogens is 375 g/mol. The molecule has 10 heteroatoms. The van der Waals surface area contributed by atoms with Gasteiger partial charge in [0.1, 0.15) is 6.54 Å². The Morgan fingerprint density at radius 1 is 1.38 bits per heavy atom. The monoisotopic (exact) mass is 387 g/mol. The molecule has 0 aliphatic heterocycles. The van der Waals surface area contributed by atoms with Gasteiger partial charge < -0.3 is 5.32 Å². The van der Waals surface area contributed by atoms with Crippen LogP contribution in [0.2, 0.25) is 0 Å². The molecule has 0 spiro atoms. The lowest BCUT2D eigenvalue weighted by atomic mass is 10.4. The maximum absolute atomic E-state index is 11.9. The Hall–Kier alpha value is -1.13. The Balaban J connectivity index is 2.30. The summed E-state index contributed by atoms with van der Waals surface area (Å²) in [5.41, 5.74) is 0. The van der Waals surface area contributed by atoms with Gasteiger partial charge in [-0.3, -0.25) is 15.0 Å². The van der Waals surface area contributed by atoms with Crippen molar-refractivity contribution in [3.05, 3.63) is 20.8 Å². The van der Waals surface area contributed by atoms with Gasteiger partial charge in [-0.25, -0.2) is 4.79 Å². The molecule has 21 heavy (non-hydrogen) atoms. The van der Waals surface area contributed by atoms with Gasteiger partial charge in [-0.1, -0.05) is 0 Å². The lowest BCUT2D eigenvalue weighted by Crippen LogP contribution is -2.46. The van der Waals surface area contributed by atoms with Crippen molar-refractivity contribution < 1.29 is 22.8 Å². The molecule has 0 aliphatic rings. The van der Waals surface area contributed by atoms with Crippen LogP contribution in [0.25, 0.3) is 0 Å². The fourth-order valence-electron chi connectivity index (χ4n) is 1.39. The molecule has 0 radical (unpaired) electrons. The molecule has 0 aromatic carbocycles. The molecule has 0 saturated heterocycles. The highest BCUT2D eigenvalue weighted by atomic mass is 79.9. The number of urea groups is 1. The summed E-state index contributed by atoms with van der Waals surface area (Å²) in [7, 11) is 1.67. The van der Waals surface area contributed by atoms with E-state index in [1.165, 1.54) is 11.3 Å². The number of nitrogens with zero attached hydrogens (tertiary/aromatic N) is 1. The molecule has 5 nitrogen and oxygen atoms in total. The maximum Gasteiger partial charge on any atom is 0.405 e. The van der Waals surface area contributed by atoms with Crippen LogP contribution in [0.15, 0.2) is 15.9 Å². The molecule has 118 valence electrons. The predicted octanol–water partition coefficient (Wildman–Crippen LogP) is 2.33. The van der Waals surface area contributed by atoms with Crippen molar-refractivity contribution in [3.8, 4) is 0 Å². The van der Waals surface area contributed by atoms with E-state index >= 15 is 0 Å². The first-order valence-corrected chi connectivity index (χ1v) is 7.34. The van der Waals surface area contributed by atoms with Crippen molar-refractivity contribution >= 4 is 39.2 Å². The van der Waals surface area contributed by atoms with Crippen molar-refractivity contribution in [1.82, 2.24) is 15.5 Å². The second kappa shape index (κ2) is 7.76. The molecule has 1 rings (SSSR count). The number of halogens is 4. The fraction of sp³-hybridized carbons (Fsp3) is 0.455. The van der Waals surface area contributed by atoms with Crippen LogP contribution >= 0.6 is 27.3 Å². The summed E-state index contributed by atoms with van der Waals surface area (Å²) in [6.07, 6.45) is -4.51. The molecule has 3 amide bonds. The van der Waals surface area contributed by atoms with Gasteiger partial charge in [0.15, 0.2) is 0 Å². The lowest BCUT2D eigenvalue weighted by molar-refractivity contribution is -0.125. The average Bonchev–Trinajstić information content (AvgIpc) is 2.70. The van der Waals surface area contributed by atoms with E-state index in [1.54, 1.807) is 17.3 Å². The molecule has 1 aromatic rings. The summed E-state index contributed by atoms with van der Waals surface area (Å²) < 4.78 is 36.6. The zero-order chi connectivity index (χ0) is 16.0. The summed E-state index contributed by atoms with van der Waals surface area (Å²) in [6.45, 7) is -1.09. The number of nitrogens with one attached hydrogen (secondary N) is 2. The Kier molecular flexibility index (Phi) is 6.62. The quantitative estimate of drug-likeness (QED) is 0.814. The number of amides is 3. The van der Waals surface area contributed by atoms with Crippen molar-refractivity contribution in [3.63, 3.8) is 0 Å². The number of thiophene rings is 1. The van der Waals surface area contributed by atoms with E-state index in [-0.39, 0.29) is 6.54 Å². The van der Waals surface area contributed by atoms with Crippen molar-refractivity contribution in [2.75, 3.05) is 20.1 Å². The van der Waals surface area contributed by atoms with Gasteiger partial charge >= 0.3 is 12.2 Å². The van der Waals surface area contributed by atoms with Crippen molar-refractivity contribution in [2.45, 2.75) is 12.7 Å². The maximum atomic E-state index is 11.9.